The van der Waals surface area contributed by atoms with Gasteiger partial charge in [0.15, 0.2) is 0 Å². The van der Waals surface area contributed by atoms with Crippen LogP contribution in [0.1, 0.15) is 48.6 Å². The zero-order valence-electron chi connectivity index (χ0n) is 14.6. The zero-order valence-corrected chi connectivity index (χ0v) is 14.6. The molecule has 4 rings (SSSR count). The molecule has 3 heterocycles. The number of aromatic nitrogens is 5. The molecule has 1 saturated heterocycles. The molecule has 2 fully saturated rings. The molecule has 1 atom stereocenters. The number of nitrogens with zero attached hydrogens (tertiary/aromatic N) is 7. The van der Waals surface area contributed by atoms with Crippen LogP contribution in [0.5, 0.6) is 0 Å². The van der Waals surface area contributed by atoms with E-state index < -0.39 is 0 Å². The maximum absolute atomic E-state index is 5.78. The molecule has 8 nitrogen and oxygen atoms in total. The third-order valence-corrected chi connectivity index (χ3v) is 5.21. The zero-order chi connectivity index (χ0) is 16.7. The topological polar surface area (TPSA) is 76.1 Å². The van der Waals surface area contributed by atoms with Crippen LogP contribution in [0.4, 0.5) is 0 Å². The van der Waals surface area contributed by atoms with Crippen LogP contribution < -0.4 is 0 Å². The van der Waals surface area contributed by atoms with E-state index in [1.54, 1.807) is 0 Å². The summed E-state index contributed by atoms with van der Waals surface area (Å²) in [4.78, 5) is 4.76. The fourth-order valence-electron chi connectivity index (χ4n) is 3.27. The highest BCUT2D eigenvalue weighted by molar-refractivity contribution is 5.00. The number of hydrogen-bond donors (Lipinski definition) is 0. The van der Waals surface area contributed by atoms with Gasteiger partial charge in [0, 0.05) is 32.1 Å². The van der Waals surface area contributed by atoms with E-state index in [-0.39, 0.29) is 0 Å². The second kappa shape index (κ2) is 6.25. The van der Waals surface area contributed by atoms with Crippen molar-refractivity contribution in [3.8, 4) is 0 Å². The standard InChI is InChI=1S/C16H25N7O/c1-11-17-18-14(22(11)3)9-21(2)13-6-7-23(8-13)10-15-19-20-16(24-15)12-4-5-12/h12-13H,4-10H2,1-3H3/t13-/m1/s1. The van der Waals surface area contributed by atoms with Gasteiger partial charge in [0.25, 0.3) is 0 Å². The summed E-state index contributed by atoms with van der Waals surface area (Å²) in [6.07, 6.45) is 3.54. The van der Waals surface area contributed by atoms with Gasteiger partial charge in [-0.1, -0.05) is 0 Å². The molecule has 1 aliphatic heterocycles. The van der Waals surface area contributed by atoms with E-state index in [1.807, 2.05) is 14.0 Å². The molecule has 0 radical (unpaired) electrons. The lowest BCUT2D eigenvalue weighted by Gasteiger charge is -2.23. The smallest absolute Gasteiger partial charge is 0.230 e. The Bertz CT molecular complexity index is 705. The van der Waals surface area contributed by atoms with E-state index in [9.17, 15) is 0 Å². The van der Waals surface area contributed by atoms with Gasteiger partial charge < -0.3 is 8.98 Å². The normalized spacial score (nSPS) is 21.9. The highest BCUT2D eigenvalue weighted by atomic mass is 16.4. The largest absolute Gasteiger partial charge is 0.424 e. The SMILES string of the molecule is Cc1nnc(CN(C)[C@@H]2CCN(Cc3nnc(C4CC4)o3)C2)n1C. The van der Waals surface area contributed by atoms with Gasteiger partial charge in [0.1, 0.15) is 11.6 Å². The van der Waals surface area contributed by atoms with Crippen LogP contribution in [-0.4, -0.2) is 60.9 Å². The first-order valence-corrected chi connectivity index (χ1v) is 8.70. The molecule has 2 aliphatic rings. The van der Waals surface area contributed by atoms with Crippen LogP contribution in [0.15, 0.2) is 4.42 Å². The number of likely N-dealkylation sites (tertiary alicyclic amines) is 1. The van der Waals surface area contributed by atoms with Gasteiger partial charge in [-0.05, 0) is 33.2 Å². The highest BCUT2D eigenvalue weighted by Gasteiger charge is 2.31. The molecule has 0 spiro atoms. The summed E-state index contributed by atoms with van der Waals surface area (Å²) in [5, 5.41) is 16.8. The summed E-state index contributed by atoms with van der Waals surface area (Å²) in [7, 11) is 4.18. The molecular weight excluding hydrogens is 306 g/mol. The second-order valence-electron chi connectivity index (χ2n) is 7.12. The summed E-state index contributed by atoms with van der Waals surface area (Å²) in [5.41, 5.74) is 0. The summed E-state index contributed by atoms with van der Waals surface area (Å²) in [5.74, 6) is 4.08. The van der Waals surface area contributed by atoms with E-state index in [0.717, 1.165) is 56.0 Å². The average molecular weight is 331 g/mol. The molecular formula is C16H25N7O. The predicted octanol–water partition coefficient (Wildman–Crippen LogP) is 1.09. The summed E-state index contributed by atoms with van der Waals surface area (Å²) < 4.78 is 7.84. The molecule has 2 aromatic rings. The lowest BCUT2D eigenvalue weighted by atomic mass is 10.2. The van der Waals surface area contributed by atoms with Gasteiger partial charge in [-0.25, -0.2) is 0 Å². The van der Waals surface area contributed by atoms with Gasteiger partial charge in [0.2, 0.25) is 11.8 Å². The molecule has 0 amide bonds. The third kappa shape index (κ3) is 3.21. The molecule has 0 bridgehead atoms. The summed E-state index contributed by atoms with van der Waals surface area (Å²) in [6, 6.07) is 0.521. The molecule has 24 heavy (non-hydrogen) atoms. The van der Waals surface area contributed by atoms with Crippen molar-refractivity contribution < 1.29 is 4.42 Å². The van der Waals surface area contributed by atoms with Crippen molar-refractivity contribution in [3.63, 3.8) is 0 Å². The third-order valence-electron chi connectivity index (χ3n) is 5.21. The average Bonchev–Trinajstić information content (AvgIpc) is 2.99. The van der Waals surface area contributed by atoms with Crippen LogP contribution in [0.2, 0.25) is 0 Å². The Morgan fingerprint density at radius 2 is 2.00 bits per heavy atom. The van der Waals surface area contributed by atoms with Crippen molar-refractivity contribution in [1.29, 1.82) is 0 Å². The molecule has 1 saturated carbocycles. The fraction of sp³-hybridized carbons (Fsp3) is 0.750. The van der Waals surface area contributed by atoms with Crippen molar-refractivity contribution >= 4 is 0 Å². The van der Waals surface area contributed by atoms with Crippen LogP contribution in [-0.2, 0) is 20.1 Å². The van der Waals surface area contributed by atoms with Crippen molar-refractivity contribution in [3.05, 3.63) is 23.4 Å². The number of rotatable bonds is 6. The molecule has 1 aliphatic carbocycles. The molecule has 0 aromatic carbocycles. The molecule has 0 N–H and O–H groups in total. The Morgan fingerprint density at radius 3 is 2.71 bits per heavy atom. The summed E-state index contributed by atoms with van der Waals surface area (Å²) >= 11 is 0. The molecule has 130 valence electrons. The summed E-state index contributed by atoms with van der Waals surface area (Å²) in [6.45, 7) is 5.64. The monoisotopic (exact) mass is 331 g/mol. The quantitative estimate of drug-likeness (QED) is 0.784. The second-order valence-corrected chi connectivity index (χ2v) is 7.12. The maximum atomic E-state index is 5.78. The van der Waals surface area contributed by atoms with Gasteiger partial charge in [-0.15, -0.1) is 20.4 Å². The van der Waals surface area contributed by atoms with E-state index in [0.29, 0.717) is 12.0 Å². The maximum Gasteiger partial charge on any atom is 0.230 e. The van der Waals surface area contributed by atoms with Gasteiger partial charge in [0.05, 0.1) is 13.1 Å². The van der Waals surface area contributed by atoms with Crippen LogP contribution in [0.25, 0.3) is 0 Å². The minimum atomic E-state index is 0.521. The van der Waals surface area contributed by atoms with E-state index >= 15 is 0 Å². The Morgan fingerprint density at radius 1 is 1.17 bits per heavy atom. The Balaban J connectivity index is 1.31. The lowest BCUT2D eigenvalue weighted by molar-refractivity contribution is 0.210. The van der Waals surface area contributed by atoms with E-state index in [4.69, 9.17) is 4.42 Å². The van der Waals surface area contributed by atoms with Crippen LogP contribution >= 0.6 is 0 Å². The number of aryl methyl sites for hydroxylation is 1. The highest BCUT2D eigenvalue weighted by Crippen LogP contribution is 2.39. The minimum Gasteiger partial charge on any atom is -0.424 e. The van der Waals surface area contributed by atoms with E-state index in [2.05, 4.69) is 41.8 Å². The minimum absolute atomic E-state index is 0.521. The first kappa shape index (κ1) is 15.7. The lowest BCUT2D eigenvalue weighted by Crippen LogP contribution is -2.34. The molecule has 8 heteroatoms. The predicted molar refractivity (Wildman–Crippen MR) is 87.2 cm³/mol. The van der Waals surface area contributed by atoms with Gasteiger partial charge in [-0.2, -0.15) is 0 Å². The van der Waals surface area contributed by atoms with Crippen LogP contribution in [0, 0.1) is 6.92 Å². The van der Waals surface area contributed by atoms with E-state index in [1.165, 1.54) is 12.8 Å². The Labute approximate surface area is 141 Å². The van der Waals surface area contributed by atoms with Crippen molar-refractivity contribution in [2.45, 2.75) is 51.2 Å². The van der Waals surface area contributed by atoms with Crippen molar-refractivity contribution in [1.82, 2.24) is 34.8 Å². The molecule has 0 unspecified atom stereocenters. The first-order chi connectivity index (χ1) is 11.6. The number of hydrogen-bond acceptors (Lipinski definition) is 7. The van der Waals surface area contributed by atoms with Crippen molar-refractivity contribution in [2.75, 3.05) is 20.1 Å². The van der Waals surface area contributed by atoms with Crippen molar-refractivity contribution in [2.24, 2.45) is 7.05 Å². The fourth-order valence-corrected chi connectivity index (χ4v) is 3.27. The number of likely N-dealkylation sites (N-methyl/N-ethyl adjacent to an activating group) is 1. The Kier molecular flexibility index (Phi) is 4.09. The molecule has 2 aromatic heterocycles. The van der Waals surface area contributed by atoms with Crippen LogP contribution in [0.3, 0.4) is 0 Å². The Hall–Kier alpha value is -1.80. The van der Waals surface area contributed by atoms with Gasteiger partial charge in [-0.3, -0.25) is 9.80 Å². The first-order valence-electron chi connectivity index (χ1n) is 8.70. The van der Waals surface area contributed by atoms with Gasteiger partial charge >= 0.3 is 0 Å².